The highest BCUT2D eigenvalue weighted by Crippen LogP contribution is 2.18. The van der Waals surface area contributed by atoms with E-state index in [1.54, 1.807) is 0 Å². The SMILES string of the molecule is C[C@H](F)[C@H]1CCC(=O)O1. The van der Waals surface area contributed by atoms with E-state index in [9.17, 15) is 9.18 Å². The van der Waals surface area contributed by atoms with Crippen molar-refractivity contribution in [3.05, 3.63) is 0 Å². The molecule has 3 heteroatoms. The number of alkyl halides is 1. The molecule has 1 rings (SSSR count). The van der Waals surface area contributed by atoms with Crippen LogP contribution in [0.4, 0.5) is 4.39 Å². The van der Waals surface area contributed by atoms with Gasteiger partial charge in [-0.15, -0.1) is 0 Å². The minimum Gasteiger partial charge on any atom is -0.459 e. The van der Waals surface area contributed by atoms with Gasteiger partial charge in [0.25, 0.3) is 0 Å². The minimum absolute atomic E-state index is 0.274. The molecule has 1 heterocycles. The Kier molecular flexibility index (Phi) is 1.69. The molecular formula is C6H9FO2. The first-order chi connectivity index (χ1) is 4.20. The quantitative estimate of drug-likeness (QED) is 0.498. The zero-order valence-electron chi connectivity index (χ0n) is 5.26. The van der Waals surface area contributed by atoms with Gasteiger partial charge in [0, 0.05) is 6.42 Å². The fourth-order valence-corrected chi connectivity index (χ4v) is 0.870. The Hall–Kier alpha value is -0.600. The number of hydrogen-bond donors (Lipinski definition) is 0. The van der Waals surface area contributed by atoms with Gasteiger partial charge in [0.1, 0.15) is 12.3 Å². The molecule has 0 spiro atoms. The number of hydrogen-bond acceptors (Lipinski definition) is 2. The van der Waals surface area contributed by atoms with Gasteiger partial charge >= 0.3 is 5.97 Å². The van der Waals surface area contributed by atoms with Gasteiger partial charge in [-0.2, -0.15) is 0 Å². The average Bonchev–Trinajstić information content (AvgIpc) is 2.14. The maximum atomic E-state index is 12.3. The lowest BCUT2D eigenvalue weighted by molar-refractivity contribution is -0.143. The molecule has 0 aromatic rings. The lowest BCUT2D eigenvalue weighted by Crippen LogP contribution is -2.17. The van der Waals surface area contributed by atoms with Gasteiger partial charge in [-0.1, -0.05) is 0 Å². The molecular weight excluding hydrogens is 123 g/mol. The summed E-state index contributed by atoms with van der Waals surface area (Å²) in [4.78, 5) is 10.4. The molecule has 0 amide bonds. The van der Waals surface area contributed by atoms with Crippen LogP contribution < -0.4 is 0 Å². The Morgan fingerprint density at radius 3 is 2.78 bits per heavy atom. The molecule has 0 unspecified atom stereocenters. The zero-order valence-corrected chi connectivity index (χ0v) is 5.26. The highest BCUT2D eigenvalue weighted by Gasteiger charge is 2.27. The smallest absolute Gasteiger partial charge is 0.306 e. The van der Waals surface area contributed by atoms with Crippen molar-refractivity contribution in [3.8, 4) is 0 Å². The standard InChI is InChI=1S/C6H9FO2/c1-4(7)5-2-3-6(8)9-5/h4-5H,2-3H2,1H3/t4-,5+/m0/s1. The Morgan fingerprint density at radius 2 is 2.56 bits per heavy atom. The Labute approximate surface area is 53.0 Å². The van der Waals surface area contributed by atoms with Gasteiger partial charge in [0.05, 0.1) is 0 Å². The number of carbonyl (C=O) groups is 1. The molecule has 0 aliphatic carbocycles. The number of carbonyl (C=O) groups excluding carboxylic acids is 1. The maximum absolute atomic E-state index is 12.3. The van der Waals surface area contributed by atoms with Crippen molar-refractivity contribution in [3.63, 3.8) is 0 Å². The average molecular weight is 132 g/mol. The van der Waals surface area contributed by atoms with Gasteiger partial charge in [-0.05, 0) is 13.3 Å². The summed E-state index contributed by atoms with van der Waals surface area (Å²) < 4.78 is 16.9. The topological polar surface area (TPSA) is 26.3 Å². The van der Waals surface area contributed by atoms with Crippen LogP contribution in [-0.2, 0) is 9.53 Å². The molecule has 2 atom stereocenters. The van der Waals surface area contributed by atoms with Crippen LogP contribution in [0.3, 0.4) is 0 Å². The van der Waals surface area contributed by atoms with Crippen LogP contribution >= 0.6 is 0 Å². The van der Waals surface area contributed by atoms with Crippen molar-refractivity contribution in [1.29, 1.82) is 0 Å². The monoisotopic (exact) mass is 132 g/mol. The van der Waals surface area contributed by atoms with Gasteiger partial charge in [-0.3, -0.25) is 4.79 Å². The van der Waals surface area contributed by atoms with Crippen molar-refractivity contribution in [2.24, 2.45) is 0 Å². The van der Waals surface area contributed by atoms with E-state index in [4.69, 9.17) is 0 Å². The second-order valence-electron chi connectivity index (χ2n) is 2.24. The molecule has 0 aromatic heterocycles. The lowest BCUT2D eigenvalue weighted by atomic mass is 10.2. The van der Waals surface area contributed by atoms with Gasteiger partial charge in [0.15, 0.2) is 0 Å². The van der Waals surface area contributed by atoms with E-state index in [1.165, 1.54) is 6.92 Å². The third kappa shape index (κ3) is 1.40. The third-order valence-electron chi connectivity index (χ3n) is 1.43. The predicted molar refractivity (Wildman–Crippen MR) is 29.7 cm³/mol. The first-order valence-corrected chi connectivity index (χ1v) is 3.03. The summed E-state index contributed by atoms with van der Waals surface area (Å²) >= 11 is 0. The second kappa shape index (κ2) is 2.33. The van der Waals surface area contributed by atoms with Crippen LogP contribution in [0.2, 0.25) is 0 Å². The van der Waals surface area contributed by atoms with Crippen molar-refractivity contribution in [2.45, 2.75) is 32.0 Å². The second-order valence-corrected chi connectivity index (χ2v) is 2.24. The van der Waals surface area contributed by atoms with Crippen LogP contribution in [0.1, 0.15) is 19.8 Å². The van der Waals surface area contributed by atoms with Crippen LogP contribution in [0, 0.1) is 0 Å². The number of rotatable bonds is 1. The van der Waals surface area contributed by atoms with Crippen LogP contribution in [0.5, 0.6) is 0 Å². The molecule has 9 heavy (non-hydrogen) atoms. The summed E-state index contributed by atoms with van der Waals surface area (Å²) in [7, 11) is 0. The van der Waals surface area contributed by atoms with E-state index in [0.29, 0.717) is 12.8 Å². The van der Waals surface area contributed by atoms with E-state index in [-0.39, 0.29) is 5.97 Å². The van der Waals surface area contributed by atoms with E-state index in [1.807, 2.05) is 0 Å². The van der Waals surface area contributed by atoms with Gasteiger partial charge in [0.2, 0.25) is 0 Å². The number of cyclic esters (lactones) is 1. The molecule has 0 aromatic carbocycles. The first kappa shape index (κ1) is 6.52. The number of halogens is 1. The van der Waals surface area contributed by atoms with Gasteiger partial charge in [-0.25, -0.2) is 4.39 Å². The summed E-state index contributed by atoms with van der Waals surface area (Å²) in [5.74, 6) is -0.274. The maximum Gasteiger partial charge on any atom is 0.306 e. The van der Waals surface area contributed by atoms with E-state index < -0.39 is 12.3 Å². The normalized spacial score (nSPS) is 30.0. The lowest BCUT2D eigenvalue weighted by Gasteiger charge is -2.08. The molecule has 2 nitrogen and oxygen atoms in total. The van der Waals surface area contributed by atoms with E-state index in [0.717, 1.165) is 0 Å². The molecule has 52 valence electrons. The summed E-state index contributed by atoms with van der Waals surface area (Å²) in [5, 5.41) is 0. The summed E-state index contributed by atoms with van der Waals surface area (Å²) in [6, 6.07) is 0. The number of ether oxygens (including phenoxy) is 1. The fourth-order valence-electron chi connectivity index (χ4n) is 0.870. The molecule has 1 saturated heterocycles. The van der Waals surface area contributed by atoms with Crippen molar-refractivity contribution in [2.75, 3.05) is 0 Å². The predicted octanol–water partition coefficient (Wildman–Crippen LogP) is 1.05. The van der Waals surface area contributed by atoms with Gasteiger partial charge < -0.3 is 4.74 Å². The molecule has 0 radical (unpaired) electrons. The van der Waals surface area contributed by atoms with Crippen LogP contribution in [0.15, 0.2) is 0 Å². The molecule has 0 N–H and O–H groups in total. The van der Waals surface area contributed by atoms with Crippen molar-refractivity contribution in [1.82, 2.24) is 0 Å². The Balaban J connectivity index is 2.39. The summed E-state index contributed by atoms with van der Waals surface area (Å²) in [5.41, 5.74) is 0. The zero-order chi connectivity index (χ0) is 6.85. The summed E-state index contributed by atoms with van der Waals surface area (Å²) in [6.45, 7) is 1.41. The summed E-state index contributed by atoms with van der Waals surface area (Å²) in [6.07, 6.45) is -0.580. The van der Waals surface area contributed by atoms with Crippen LogP contribution in [-0.4, -0.2) is 18.2 Å². The Bertz CT molecular complexity index is 122. The van der Waals surface area contributed by atoms with Crippen molar-refractivity contribution < 1.29 is 13.9 Å². The van der Waals surface area contributed by atoms with Crippen LogP contribution in [0.25, 0.3) is 0 Å². The third-order valence-corrected chi connectivity index (χ3v) is 1.43. The molecule has 1 aliphatic rings. The molecule has 0 bridgehead atoms. The van der Waals surface area contributed by atoms with Crippen molar-refractivity contribution >= 4 is 5.97 Å². The fraction of sp³-hybridized carbons (Fsp3) is 0.833. The minimum atomic E-state index is -1.02. The molecule has 1 aliphatic heterocycles. The Morgan fingerprint density at radius 1 is 1.89 bits per heavy atom. The highest BCUT2D eigenvalue weighted by molar-refractivity contribution is 5.71. The number of esters is 1. The molecule has 0 saturated carbocycles. The highest BCUT2D eigenvalue weighted by atomic mass is 19.1. The van der Waals surface area contributed by atoms with E-state index in [2.05, 4.69) is 4.74 Å². The largest absolute Gasteiger partial charge is 0.459 e. The van der Waals surface area contributed by atoms with E-state index >= 15 is 0 Å². The molecule has 1 fully saturated rings. The first-order valence-electron chi connectivity index (χ1n) is 3.03.